The van der Waals surface area contributed by atoms with Gasteiger partial charge in [-0.05, 0) is 84.5 Å². The number of benzene rings is 2. The summed E-state index contributed by atoms with van der Waals surface area (Å²) in [4.78, 5) is 28.1. The van der Waals surface area contributed by atoms with Crippen molar-refractivity contribution < 1.29 is 14.7 Å². The second kappa shape index (κ2) is 10.3. The molecule has 0 saturated heterocycles. The molecule has 0 aliphatic heterocycles. The number of hydrogen-bond acceptors (Lipinski definition) is 3. The number of pyridine rings is 1. The number of anilines is 1. The molecule has 8 heteroatoms. The van der Waals surface area contributed by atoms with Crippen molar-refractivity contribution in [3.05, 3.63) is 88.3 Å². The molecule has 1 amide bonds. The number of nitrogens with one attached hydrogen (secondary N) is 1. The number of carboxylic acid groups (broad SMARTS) is 1. The van der Waals surface area contributed by atoms with Crippen molar-refractivity contribution in [2.24, 2.45) is 5.92 Å². The lowest BCUT2D eigenvalue weighted by molar-refractivity contribution is -0.138. The first-order valence-corrected chi connectivity index (χ1v) is 12.7. The van der Waals surface area contributed by atoms with E-state index < -0.39 is 5.97 Å². The first-order chi connectivity index (χ1) is 17.4. The van der Waals surface area contributed by atoms with Gasteiger partial charge in [0, 0.05) is 24.5 Å². The van der Waals surface area contributed by atoms with Crippen LogP contribution in [-0.4, -0.2) is 26.4 Å². The average Bonchev–Trinajstić information content (AvgIpc) is 3.30. The zero-order valence-corrected chi connectivity index (χ0v) is 21.0. The lowest BCUT2D eigenvalue weighted by atomic mass is 9.77. The lowest BCUT2D eigenvalue weighted by Crippen LogP contribution is -2.16. The summed E-state index contributed by atoms with van der Waals surface area (Å²) in [7, 11) is 0. The third kappa shape index (κ3) is 5.40. The van der Waals surface area contributed by atoms with Gasteiger partial charge in [-0.2, -0.15) is 0 Å². The van der Waals surface area contributed by atoms with Gasteiger partial charge in [0.1, 0.15) is 11.3 Å². The van der Waals surface area contributed by atoms with Gasteiger partial charge in [-0.15, -0.1) is 0 Å². The summed E-state index contributed by atoms with van der Waals surface area (Å²) < 4.78 is 1.84. The van der Waals surface area contributed by atoms with Crippen LogP contribution in [0.2, 0.25) is 10.0 Å². The van der Waals surface area contributed by atoms with E-state index in [9.17, 15) is 9.59 Å². The third-order valence-corrected chi connectivity index (χ3v) is 7.63. The average molecular weight is 522 g/mol. The van der Waals surface area contributed by atoms with E-state index in [0.717, 1.165) is 36.8 Å². The fourth-order valence-corrected chi connectivity index (χ4v) is 5.23. The van der Waals surface area contributed by atoms with Crippen LogP contribution in [0.3, 0.4) is 0 Å². The lowest BCUT2D eigenvalue weighted by Gasteiger charge is -2.28. The van der Waals surface area contributed by atoms with Crippen LogP contribution >= 0.6 is 23.2 Å². The van der Waals surface area contributed by atoms with Crippen molar-refractivity contribution in [3.8, 4) is 11.1 Å². The largest absolute Gasteiger partial charge is 0.481 e. The van der Waals surface area contributed by atoms with Gasteiger partial charge in [0.15, 0.2) is 0 Å². The maximum atomic E-state index is 12.7. The Kier molecular flexibility index (Phi) is 6.99. The number of aliphatic carboxylic acids is 1. The third-order valence-electron chi connectivity index (χ3n) is 6.89. The fourth-order valence-electron chi connectivity index (χ4n) is 4.94. The number of nitrogens with zero attached hydrogens (tertiary/aromatic N) is 2. The predicted molar refractivity (Wildman–Crippen MR) is 142 cm³/mol. The summed E-state index contributed by atoms with van der Waals surface area (Å²) in [6.45, 7) is 0. The molecule has 1 saturated carbocycles. The molecule has 4 aromatic rings. The number of halogens is 2. The van der Waals surface area contributed by atoms with E-state index >= 15 is 0 Å². The monoisotopic (exact) mass is 521 g/mol. The smallest absolute Gasteiger partial charge is 0.303 e. The van der Waals surface area contributed by atoms with Gasteiger partial charge >= 0.3 is 5.97 Å². The van der Waals surface area contributed by atoms with Gasteiger partial charge in [0.05, 0.1) is 10.0 Å². The summed E-state index contributed by atoms with van der Waals surface area (Å²) >= 11 is 12.0. The minimum absolute atomic E-state index is 0.279. The summed E-state index contributed by atoms with van der Waals surface area (Å²) in [5, 5.41) is 12.6. The molecule has 6 nitrogen and oxygen atoms in total. The Labute approximate surface area is 218 Å². The van der Waals surface area contributed by atoms with Crippen LogP contribution in [0.1, 0.15) is 54.1 Å². The first-order valence-electron chi connectivity index (χ1n) is 11.9. The molecule has 1 aliphatic carbocycles. The minimum Gasteiger partial charge on any atom is -0.481 e. The fraction of sp³-hybridized carbons (Fsp3) is 0.250. The van der Waals surface area contributed by atoms with Crippen molar-refractivity contribution in [1.82, 2.24) is 9.38 Å². The normalized spacial score (nSPS) is 17.7. The summed E-state index contributed by atoms with van der Waals surface area (Å²) in [6.07, 6.45) is 7.95. The van der Waals surface area contributed by atoms with Gasteiger partial charge in [-0.25, -0.2) is 4.98 Å². The molecule has 184 valence electrons. The Morgan fingerprint density at radius 1 is 0.917 bits per heavy atom. The van der Waals surface area contributed by atoms with Gasteiger partial charge in [0.25, 0.3) is 5.91 Å². The molecule has 2 heterocycles. The van der Waals surface area contributed by atoms with Crippen LogP contribution in [0.4, 0.5) is 5.69 Å². The van der Waals surface area contributed by atoms with E-state index in [1.807, 2.05) is 22.7 Å². The van der Waals surface area contributed by atoms with Crippen molar-refractivity contribution in [3.63, 3.8) is 0 Å². The van der Waals surface area contributed by atoms with Crippen LogP contribution in [0, 0.1) is 5.92 Å². The number of aromatic nitrogens is 2. The standard InChI is InChI=1S/C28H25Cl2N3O3/c29-23-11-10-22(14-24(23)30)31-28(36)25-16-33-15-21(9-12-26(33)32-25)20-7-5-19(6-8-20)18-3-1-17(2-4-18)13-27(34)35/h5-12,14-18H,1-4,13H2,(H,31,36)(H,34,35)/t17-,18-. The highest BCUT2D eigenvalue weighted by atomic mass is 35.5. The number of imidazole rings is 1. The quantitative estimate of drug-likeness (QED) is 0.278. The summed E-state index contributed by atoms with van der Waals surface area (Å²) in [5.41, 5.74) is 4.92. The predicted octanol–water partition coefficient (Wildman–Crippen LogP) is 7.31. The van der Waals surface area contributed by atoms with Gasteiger partial charge in [-0.1, -0.05) is 47.5 Å². The summed E-state index contributed by atoms with van der Waals surface area (Å²) in [6, 6.07) is 17.4. The Morgan fingerprint density at radius 3 is 2.33 bits per heavy atom. The van der Waals surface area contributed by atoms with Crippen molar-refractivity contribution in [2.45, 2.75) is 38.0 Å². The van der Waals surface area contributed by atoms with Crippen LogP contribution in [-0.2, 0) is 4.79 Å². The zero-order chi connectivity index (χ0) is 25.2. The van der Waals surface area contributed by atoms with Crippen LogP contribution in [0.15, 0.2) is 67.0 Å². The van der Waals surface area contributed by atoms with Crippen molar-refractivity contribution in [1.29, 1.82) is 0 Å². The van der Waals surface area contributed by atoms with E-state index in [4.69, 9.17) is 28.3 Å². The van der Waals surface area contributed by atoms with Crippen LogP contribution < -0.4 is 5.32 Å². The molecule has 5 rings (SSSR count). The van der Waals surface area contributed by atoms with E-state index in [-0.39, 0.29) is 12.3 Å². The Morgan fingerprint density at radius 2 is 1.64 bits per heavy atom. The Hall–Kier alpha value is -3.35. The highest BCUT2D eigenvalue weighted by molar-refractivity contribution is 6.42. The SMILES string of the molecule is O=C(O)C[C@H]1CC[C@H](c2ccc(-c3ccc4nc(C(=O)Nc5ccc(Cl)c(Cl)c5)cn4c3)cc2)CC1. The van der Waals surface area contributed by atoms with Gasteiger partial charge < -0.3 is 14.8 Å². The maximum Gasteiger partial charge on any atom is 0.303 e. The number of carboxylic acids is 1. The van der Waals surface area contributed by atoms with Gasteiger partial charge in [0.2, 0.25) is 0 Å². The minimum atomic E-state index is -0.697. The molecule has 0 bridgehead atoms. The topological polar surface area (TPSA) is 83.7 Å². The Balaban J connectivity index is 1.28. The van der Waals surface area contributed by atoms with E-state index in [1.54, 1.807) is 24.4 Å². The molecule has 0 atom stereocenters. The molecule has 0 unspecified atom stereocenters. The highest BCUT2D eigenvalue weighted by Gasteiger charge is 2.24. The molecule has 2 N–H and O–H groups in total. The maximum absolute atomic E-state index is 12.7. The number of hydrogen-bond donors (Lipinski definition) is 2. The first kappa shape index (κ1) is 24.3. The molecule has 36 heavy (non-hydrogen) atoms. The van der Waals surface area contributed by atoms with Crippen LogP contribution in [0.25, 0.3) is 16.8 Å². The van der Waals surface area contributed by atoms with E-state index in [0.29, 0.717) is 38.9 Å². The molecular formula is C28H25Cl2N3O3. The number of carbonyl (C=O) groups excluding carboxylic acids is 1. The Bertz CT molecular complexity index is 1420. The molecule has 2 aromatic heterocycles. The molecule has 2 aromatic carbocycles. The molecule has 0 spiro atoms. The van der Waals surface area contributed by atoms with Crippen LogP contribution in [0.5, 0.6) is 0 Å². The number of amides is 1. The van der Waals surface area contributed by atoms with E-state index in [2.05, 4.69) is 34.6 Å². The van der Waals surface area contributed by atoms with E-state index in [1.165, 1.54) is 5.56 Å². The second-order valence-electron chi connectivity index (χ2n) is 9.33. The molecule has 1 aliphatic rings. The van der Waals surface area contributed by atoms with Crippen molar-refractivity contribution >= 4 is 46.4 Å². The second-order valence-corrected chi connectivity index (χ2v) is 10.1. The molecule has 0 radical (unpaired) electrons. The number of rotatable bonds is 6. The molecular weight excluding hydrogens is 497 g/mol. The van der Waals surface area contributed by atoms with Gasteiger partial charge in [-0.3, -0.25) is 9.59 Å². The summed E-state index contributed by atoms with van der Waals surface area (Å²) in [5.74, 6) is -0.245. The number of fused-ring (bicyclic) bond motifs is 1. The zero-order valence-electron chi connectivity index (χ0n) is 19.5. The molecule has 1 fully saturated rings. The number of carbonyl (C=O) groups is 2. The highest BCUT2D eigenvalue weighted by Crippen LogP contribution is 2.37. The van der Waals surface area contributed by atoms with Crippen molar-refractivity contribution in [2.75, 3.05) is 5.32 Å².